The zero-order chi connectivity index (χ0) is 7.56. The van der Waals surface area contributed by atoms with E-state index >= 15 is 0 Å². The summed E-state index contributed by atoms with van der Waals surface area (Å²) >= 11 is 5.49. The van der Waals surface area contributed by atoms with Crippen LogP contribution in [0.2, 0.25) is 5.02 Å². The van der Waals surface area contributed by atoms with Gasteiger partial charge in [-0.05, 0) is 18.2 Å². The van der Waals surface area contributed by atoms with Gasteiger partial charge in [0.15, 0.2) is 0 Å². The highest BCUT2D eigenvalue weighted by Crippen LogP contribution is 2.21. The molecule has 0 heterocycles. The summed E-state index contributed by atoms with van der Waals surface area (Å²) in [6, 6.07) is 3.88. The molecule has 0 atom stereocenters. The fourth-order valence-electron chi connectivity index (χ4n) is 0.571. The van der Waals surface area contributed by atoms with Crippen molar-refractivity contribution in [3.8, 4) is 0 Å². The molecular weight excluding hydrogens is 153 g/mol. The summed E-state index contributed by atoms with van der Waals surface area (Å²) in [7, 11) is 0. The average molecular weight is 156 g/mol. The summed E-state index contributed by atoms with van der Waals surface area (Å²) in [6.07, 6.45) is 0. The van der Waals surface area contributed by atoms with Crippen molar-refractivity contribution in [3.63, 3.8) is 0 Å². The molecule has 0 fully saturated rings. The predicted molar refractivity (Wildman–Crippen MR) is 37.7 cm³/mol. The minimum absolute atomic E-state index is 0.0347. The van der Waals surface area contributed by atoms with E-state index < -0.39 is 5.82 Å². The summed E-state index contributed by atoms with van der Waals surface area (Å²) in [5.74, 6) is -0.528. The zero-order valence-corrected chi connectivity index (χ0v) is 5.69. The van der Waals surface area contributed by atoms with Crippen LogP contribution >= 0.6 is 11.6 Å². The van der Waals surface area contributed by atoms with Crippen molar-refractivity contribution >= 4 is 17.3 Å². The standard InChI is InChI=1S/C7H3ClFN/c1-10-7-4-5(8)2-3-6(7)9/h2-4H. The topological polar surface area (TPSA) is 4.36 Å². The minimum atomic E-state index is -0.528. The number of benzene rings is 1. The maximum atomic E-state index is 12.5. The molecule has 0 spiro atoms. The van der Waals surface area contributed by atoms with E-state index in [9.17, 15) is 4.39 Å². The molecule has 0 radical (unpaired) electrons. The highest BCUT2D eigenvalue weighted by Gasteiger charge is 1.99. The van der Waals surface area contributed by atoms with Crippen molar-refractivity contribution in [2.75, 3.05) is 0 Å². The molecule has 0 aliphatic heterocycles. The van der Waals surface area contributed by atoms with Gasteiger partial charge in [-0.25, -0.2) is 9.24 Å². The molecule has 0 aliphatic carbocycles. The SMILES string of the molecule is [C-]#[N+]c1cc(Cl)ccc1F. The molecule has 1 aromatic carbocycles. The molecule has 1 aromatic rings. The van der Waals surface area contributed by atoms with Gasteiger partial charge < -0.3 is 0 Å². The molecule has 3 heteroatoms. The van der Waals surface area contributed by atoms with E-state index in [1.165, 1.54) is 18.2 Å². The normalized spacial score (nSPS) is 8.90. The van der Waals surface area contributed by atoms with Gasteiger partial charge in [0.05, 0.1) is 6.57 Å². The Morgan fingerprint density at radius 1 is 1.50 bits per heavy atom. The lowest BCUT2D eigenvalue weighted by Crippen LogP contribution is -1.71. The Bertz CT molecular complexity index is 290. The van der Waals surface area contributed by atoms with Crippen LogP contribution in [-0.2, 0) is 0 Å². The van der Waals surface area contributed by atoms with Crippen LogP contribution in [0.15, 0.2) is 18.2 Å². The number of rotatable bonds is 0. The molecule has 0 aliphatic rings. The van der Waals surface area contributed by atoms with Crippen molar-refractivity contribution in [2.45, 2.75) is 0 Å². The van der Waals surface area contributed by atoms with Crippen LogP contribution < -0.4 is 0 Å². The van der Waals surface area contributed by atoms with E-state index in [0.29, 0.717) is 5.02 Å². The van der Waals surface area contributed by atoms with Crippen LogP contribution in [0.25, 0.3) is 4.85 Å². The highest BCUT2D eigenvalue weighted by atomic mass is 35.5. The first-order valence-corrected chi connectivity index (χ1v) is 2.94. The van der Waals surface area contributed by atoms with Crippen LogP contribution in [0.4, 0.5) is 10.1 Å². The molecule has 50 valence electrons. The first-order valence-electron chi connectivity index (χ1n) is 2.56. The molecule has 0 amide bonds. The predicted octanol–water partition coefficient (Wildman–Crippen LogP) is 3.03. The third-order valence-corrected chi connectivity index (χ3v) is 1.26. The Labute approximate surface area is 62.9 Å². The minimum Gasteiger partial charge on any atom is -0.235 e. The Kier molecular flexibility index (Phi) is 1.88. The maximum Gasteiger partial charge on any atom is 0.223 e. The van der Waals surface area contributed by atoms with Crippen molar-refractivity contribution in [1.29, 1.82) is 0 Å². The monoisotopic (exact) mass is 155 g/mol. The summed E-state index contributed by atoms with van der Waals surface area (Å²) < 4.78 is 12.5. The quantitative estimate of drug-likeness (QED) is 0.508. The van der Waals surface area contributed by atoms with Crippen LogP contribution in [0.3, 0.4) is 0 Å². The van der Waals surface area contributed by atoms with Crippen LogP contribution in [0, 0.1) is 12.4 Å². The second kappa shape index (κ2) is 2.68. The molecule has 0 saturated heterocycles. The van der Waals surface area contributed by atoms with E-state index in [1.54, 1.807) is 0 Å². The molecule has 1 nitrogen and oxygen atoms in total. The third-order valence-electron chi connectivity index (χ3n) is 1.03. The van der Waals surface area contributed by atoms with E-state index in [4.69, 9.17) is 18.2 Å². The molecule has 1 rings (SSSR count). The van der Waals surface area contributed by atoms with Crippen molar-refractivity contribution in [1.82, 2.24) is 0 Å². The molecule has 0 saturated carbocycles. The highest BCUT2D eigenvalue weighted by molar-refractivity contribution is 6.30. The lowest BCUT2D eigenvalue weighted by atomic mass is 10.3. The van der Waals surface area contributed by atoms with E-state index in [2.05, 4.69) is 4.85 Å². The van der Waals surface area contributed by atoms with Crippen LogP contribution in [0.1, 0.15) is 0 Å². The zero-order valence-electron chi connectivity index (χ0n) is 4.94. The van der Waals surface area contributed by atoms with Gasteiger partial charge in [0, 0.05) is 5.02 Å². The molecule has 0 N–H and O–H groups in total. The molecule has 10 heavy (non-hydrogen) atoms. The summed E-state index contributed by atoms with van der Waals surface area (Å²) in [5, 5.41) is 0.382. The second-order valence-corrected chi connectivity index (χ2v) is 2.14. The van der Waals surface area contributed by atoms with Gasteiger partial charge in [-0.2, -0.15) is 0 Å². The molecule has 0 aromatic heterocycles. The van der Waals surface area contributed by atoms with Gasteiger partial charge in [-0.15, -0.1) is 0 Å². The lowest BCUT2D eigenvalue weighted by molar-refractivity contribution is 0.634. The number of nitrogens with zero attached hydrogens (tertiary/aromatic N) is 1. The Morgan fingerprint density at radius 2 is 2.20 bits per heavy atom. The summed E-state index contributed by atoms with van der Waals surface area (Å²) in [6.45, 7) is 6.51. The van der Waals surface area contributed by atoms with Crippen molar-refractivity contribution < 1.29 is 4.39 Å². The van der Waals surface area contributed by atoms with Gasteiger partial charge >= 0.3 is 0 Å². The average Bonchev–Trinajstić information content (AvgIpc) is 1.94. The Morgan fingerprint density at radius 3 is 2.70 bits per heavy atom. The second-order valence-electron chi connectivity index (χ2n) is 1.71. The van der Waals surface area contributed by atoms with Crippen LogP contribution in [0.5, 0.6) is 0 Å². The molecular formula is C7H3ClFN. The number of halogens is 2. The molecule has 0 bridgehead atoms. The fraction of sp³-hybridized carbons (Fsp3) is 0. The third kappa shape index (κ3) is 1.26. The van der Waals surface area contributed by atoms with Crippen molar-refractivity contribution in [2.24, 2.45) is 0 Å². The van der Waals surface area contributed by atoms with E-state index in [-0.39, 0.29) is 5.69 Å². The van der Waals surface area contributed by atoms with Gasteiger partial charge in [0.2, 0.25) is 5.69 Å². The van der Waals surface area contributed by atoms with Gasteiger partial charge in [0.25, 0.3) is 0 Å². The van der Waals surface area contributed by atoms with Gasteiger partial charge in [-0.1, -0.05) is 11.6 Å². The fourth-order valence-corrected chi connectivity index (χ4v) is 0.738. The Balaban J connectivity index is 3.25. The first-order chi connectivity index (χ1) is 4.74. The maximum absolute atomic E-state index is 12.5. The number of hydrogen-bond donors (Lipinski definition) is 0. The lowest BCUT2D eigenvalue weighted by Gasteiger charge is -1.91. The number of hydrogen-bond acceptors (Lipinski definition) is 0. The Hall–Kier alpha value is -1.07. The summed E-state index contributed by atoms with van der Waals surface area (Å²) in [4.78, 5) is 2.92. The largest absolute Gasteiger partial charge is 0.235 e. The van der Waals surface area contributed by atoms with Crippen LogP contribution in [-0.4, -0.2) is 0 Å². The smallest absolute Gasteiger partial charge is 0.223 e. The van der Waals surface area contributed by atoms with Gasteiger partial charge in [-0.3, -0.25) is 0 Å². The van der Waals surface area contributed by atoms with Gasteiger partial charge in [0.1, 0.15) is 5.82 Å². The summed E-state index contributed by atoms with van der Waals surface area (Å²) in [5.41, 5.74) is -0.0347. The van der Waals surface area contributed by atoms with E-state index in [1.807, 2.05) is 0 Å². The van der Waals surface area contributed by atoms with Crippen molar-refractivity contribution in [3.05, 3.63) is 40.5 Å². The van der Waals surface area contributed by atoms with E-state index in [0.717, 1.165) is 0 Å². The first kappa shape index (κ1) is 7.04. The molecule has 0 unspecified atom stereocenters.